The van der Waals surface area contributed by atoms with Gasteiger partial charge in [0, 0.05) is 5.02 Å². The lowest BCUT2D eigenvalue weighted by Gasteiger charge is -2.19. The van der Waals surface area contributed by atoms with E-state index in [1.54, 1.807) is 0 Å². The summed E-state index contributed by atoms with van der Waals surface area (Å²) in [6, 6.07) is 2.37. The first kappa shape index (κ1) is 13.8. The van der Waals surface area contributed by atoms with Crippen molar-refractivity contribution in [1.29, 1.82) is 0 Å². The Bertz CT molecular complexity index is 431. The van der Waals surface area contributed by atoms with Gasteiger partial charge in [-0.15, -0.1) is 0 Å². The van der Waals surface area contributed by atoms with Crippen molar-refractivity contribution in [1.82, 2.24) is 0 Å². The summed E-state index contributed by atoms with van der Waals surface area (Å²) in [5.74, 6) is -4.63. The predicted molar refractivity (Wildman–Crippen MR) is 52.5 cm³/mol. The van der Waals surface area contributed by atoms with Crippen LogP contribution in [-0.4, -0.2) is 17.3 Å². The molecule has 1 unspecified atom stereocenters. The Kier molecular flexibility index (Phi) is 3.98. The van der Waals surface area contributed by atoms with Crippen molar-refractivity contribution >= 4 is 17.6 Å². The maximum absolute atomic E-state index is 12.7. The summed E-state index contributed by atoms with van der Waals surface area (Å²) in [4.78, 5) is 10.4. The molecule has 0 bridgehead atoms. The van der Waals surface area contributed by atoms with Crippen LogP contribution >= 0.6 is 11.6 Å². The first-order valence-electron chi connectivity index (χ1n) is 4.45. The van der Waals surface area contributed by atoms with Crippen LogP contribution in [0.2, 0.25) is 5.02 Å². The first-order valence-corrected chi connectivity index (χ1v) is 4.83. The largest absolute Gasteiger partial charge is 0.481 e. The summed E-state index contributed by atoms with van der Waals surface area (Å²) in [6.07, 6.45) is -5.89. The zero-order chi connectivity index (χ0) is 13.2. The van der Waals surface area contributed by atoms with Gasteiger partial charge in [-0.3, -0.25) is 4.79 Å². The quantitative estimate of drug-likeness (QED) is 0.852. The minimum absolute atomic E-state index is 0.437. The molecule has 2 nitrogen and oxygen atoms in total. The molecule has 94 valence electrons. The lowest BCUT2D eigenvalue weighted by Crippen LogP contribution is -2.24. The molecular weight excluding hydrogens is 264 g/mol. The van der Waals surface area contributed by atoms with Gasteiger partial charge in [0.25, 0.3) is 0 Å². The zero-order valence-electron chi connectivity index (χ0n) is 8.26. The molecule has 1 N–H and O–H groups in total. The highest BCUT2D eigenvalue weighted by molar-refractivity contribution is 6.31. The number of carbonyl (C=O) groups is 1. The van der Waals surface area contributed by atoms with E-state index in [2.05, 4.69) is 0 Å². The van der Waals surface area contributed by atoms with Gasteiger partial charge in [0.2, 0.25) is 0 Å². The van der Waals surface area contributed by atoms with Crippen LogP contribution in [0, 0.1) is 5.82 Å². The normalized spacial score (nSPS) is 13.5. The van der Waals surface area contributed by atoms with Crippen LogP contribution in [0.3, 0.4) is 0 Å². The summed E-state index contributed by atoms with van der Waals surface area (Å²) in [5.41, 5.74) is -0.442. The fourth-order valence-corrected chi connectivity index (χ4v) is 1.66. The van der Waals surface area contributed by atoms with E-state index in [0.717, 1.165) is 18.2 Å². The molecule has 0 aliphatic rings. The van der Waals surface area contributed by atoms with Crippen molar-refractivity contribution in [3.8, 4) is 0 Å². The monoisotopic (exact) mass is 270 g/mol. The first-order chi connectivity index (χ1) is 7.71. The smallest absolute Gasteiger partial charge is 0.396 e. The highest BCUT2D eigenvalue weighted by Crippen LogP contribution is 2.40. The van der Waals surface area contributed by atoms with Gasteiger partial charge in [-0.1, -0.05) is 17.7 Å². The van der Waals surface area contributed by atoms with Gasteiger partial charge >= 0.3 is 12.1 Å². The standard InChI is InChI=1S/C10H7ClF4O2/c11-8-3-5(12)1-2-6(8)7(4-9(16)17)10(13,14)15/h1-3,7H,4H2,(H,16,17). The topological polar surface area (TPSA) is 37.3 Å². The molecule has 17 heavy (non-hydrogen) atoms. The molecule has 0 radical (unpaired) electrons. The number of hydrogen-bond donors (Lipinski definition) is 1. The van der Waals surface area contributed by atoms with E-state index in [9.17, 15) is 22.4 Å². The minimum Gasteiger partial charge on any atom is -0.481 e. The average molecular weight is 271 g/mol. The molecule has 0 saturated carbocycles. The lowest BCUT2D eigenvalue weighted by atomic mass is 9.95. The molecule has 0 amide bonds. The summed E-state index contributed by atoms with van der Waals surface area (Å²) in [6.45, 7) is 0. The van der Waals surface area contributed by atoms with Gasteiger partial charge in [0.1, 0.15) is 5.82 Å². The van der Waals surface area contributed by atoms with E-state index in [4.69, 9.17) is 16.7 Å². The van der Waals surface area contributed by atoms with E-state index in [1.165, 1.54) is 0 Å². The molecule has 0 fully saturated rings. The van der Waals surface area contributed by atoms with E-state index >= 15 is 0 Å². The van der Waals surface area contributed by atoms with Crippen LogP contribution in [0.1, 0.15) is 17.9 Å². The Balaban J connectivity index is 3.17. The second kappa shape index (κ2) is 4.91. The fourth-order valence-electron chi connectivity index (χ4n) is 1.36. The third-order valence-corrected chi connectivity index (χ3v) is 2.44. The number of halogens is 5. The number of carboxylic acid groups (broad SMARTS) is 1. The predicted octanol–water partition coefficient (Wildman–Crippen LogP) is 3.60. The van der Waals surface area contributed by atoms with Crippen LogP contribution in [0.15, 0.2) is 18.2 Å². The molecule has 0 aliphatic heterocycles. The van der Waals surface area contributed by atoms with Crippen LogP contribution in [0.5, 0.6) is 0 Å². The van der Waals surface area contributed by atoms with Crippen molar-refractivity contribution in [3.63, 3.8) is 0 Å². The highest BCUT2D eigenvalue weighted by Gasteiger charge is 2.43. The molecule has 1 rings (SSSR count). The number of aliphatic carboxylic acids is 1. The van der Waals surface area contributed by atoms with E-state index in [1.807, 2.05) is 0 Å². The number of benzene rings is 1. The summed E-state index contributed by atoms with van der Waals surface area (Å²) in [7, 11) is 0. The van der Waals surface area contributed by atoms with Crippen molar-refractivity contribution < 1.29 is 27.5 Å². The maximum atomic E-state index is 12.7. The van der Waals surface area contributed by atoms with Crippen molar-refractivity contribution in [2.75, 3.05) is 0 Å². The number of carboxylic acids is 1. The molecule has 1 atom stereocenters. The summed E-state index contributed by atoms with van der Waals surface area (Å²) >= 11 is 5.48. The minimum atomic E-state index is -4.75. The van der Waals surface area contributed by atoms with Crippen LogP contribution < -0.4 is 0 Å². The SMILES string of the molecule is O=C(O)CC(c1ccc(F)cc1Cl)C(F)(F)F. The van der Waals surface area contributed by atoms with Crippen molar-refractivity contribution in [2.45, 2.75) is 18.5 Å². The van der Waals surface area contributed by atoms with Gasteiger partial charge in [-0.05, 0) is 17.7 Å². The molecule has 1 aromatic rings. The molecule has 0 heterocycles. The van der Waals surface area contributed by atoms with E-state index < -0.39 is 40.9 Å². The summed E-state index contributed by atoms with van der Waals surface area (Å²) < 4.78 is 50.6. The number of alkyl halides is 3. The Hall–Kier alpha value is -1.30. The van der Waals surface area contributed by atoms with Gasteiger partial charge in [-0.2, -0.15) is 13.2 Å². The Labute approximate surface area is 98.8 Å². The molecular formula is C10H7ClF4O2. The molecule has 0 spiro atoms. The summed E-state index contributed by atoms with van der Waals surface area (Å²) in [5, 5.41) is 8.00. The third-order valence-electron chi connectivity index (χ3n) is 2.11. The second-order valence-electron chi connectivity index (χ2n) is 3.36. The third kappa shape index (κ3) is 3.59. The van der Waals surface area contributed by atoms with Crippen molar-refractivity contribution in [3.05, 3.63) is 34.6 Å². The van der Waals surface area contributed by atoms with Gasteiger partial charge < -0.3 is 5.11 Å². The van der Waals surface area contributed by atoms with Gasteiger partial charge in [0.15, 0.2) is 0 Å². The Morgan fingerprint density at radius 3 is 2.41 bits per heavy atom. The zero-order valence-corrected chi connectivity index (χ0v) is 9.02. The fraction of sp³-hybridized carbons (Fsp3) is 0.300. The molecule has 0 saturated heterocycles. The van der Waals surface area contributed by atoms with Crippen molar-refractivity contribution in [2.24, 2.45) is 0 Å². The van der Waals surface area contributed by atoms with Crippen LogP contribution in [0.4, 0.5) is 17.6 Å². The van der Waals surface area contributed by atoms with E-state index in [0.29, 0.717) is 0 Å². The maximum Gasteiger partial charge on any atom is 0.396 e. The molecule has 7 heteroatoms. The lowest BCUT2D eigenvalue weighted by molar-refractivity contribution is -0.163. The second-order valence-corrected chi connectivity index (χ2v) is 3.77. The number of hydrogen-bond acceptors (Lipinski definition) is 1. The van der Waals surface area contributed by atoms with Gasteiger partial charge in [0.05, 0.1) is 12.3 Å². The Morgan fingerprint density at radius 1 is 1.41 bits per heavy atom. The van der Waals surface area contributed by atoms with Gasteiger partial charge in [-0.25, -0.2) is 4.39 Å². The molecule has 0 aromatic heterocycles. The number of rotatable bonds is 3. The van der Waals surface area contributed by atoms with E-state index in [-0.39, 0.29) is 0 Å². The molecule has 0 aliphatic carbocycles. The molecule has 1 aromatic carbocycles. The van der Waals surface area contributed by atoms with Crippen LogP contribution in [-0.2, 0) is 4.79 Å². The average Bonchev–Trinajstić information content (AvgIpc) is 2.13. The Morgan fingerprint density at radius 2 is 2.00 bits per heavy atom. The van der Waals surface area contributed by atoms with Crippen LogP contribution in [0.25, 0.3) is 0 Å². The highest BCUT2D eigenvalue weighted by atomic mass is 35.5.